The number of hydrogen-bond donors (Lipinski definition) is 1. The summed E-state index contributed by atoms with van der Waals surface area (Å²) in [6, 6.07) is 9.19. The van der Waals surface area contributed by atoms with Gasteiger partial charge in [-0.1, -0.05) is 32.0 Å². The molecule has 0 saturated heterocycles. The molecule has 2 rings (SSSR count). The molecular weight excluding hydrogens is 437 g/mol. The van der Waals surface area contributed by atoms with E-state index < -0.39 is 46.6 Å². The van der Waals surface area contributed by atoms with Crippen LogP contribution in [-0.2, 0) is 20.5 Å². The zero-order valence-corrected chi connectivity index (χ0v) is 17.4. The summed E-state index contributed by atoms with van der Waals surface area (Å²) in [6.07, 6.45) is -4.73. The van der Waals surface area contributed by atoms with Gasteiger partial charge in [0.25, 0.3) is 11.6 Å². The number of nitro groups is 1. The number of ether oxygens (including phenoxy) is 1. The number of para-hydroxylation sites is 1. The number of hydrogen-bond acceptors (Lipinski definition) is 6. The summed E-state index contributed by atoms with van der Waals surface area (Å²) in [7, 11) is 0. The number of nitro benzene ring substituents is 1. The lowest BCUT2D eigenvalue weighted by Crippen LogP contribution is -2.22. The molecule has 0 radical (unpaired) electrons. The van der Waals surface area contributed by atoms with Crippen molar-refractivity contribution in [2.75, 3.05) is 17.7 Å². The molecule has 0 unspecified atom stereocenters. The first kappa shape index (κ1) is 24.2. The van der Waals surface area contributed by atoms with E-state index in [1.807, 2.05) is 26.0 Å². The van der Waals surface area contributed by atoms with Crippen molar-refractivity contribution in [1.82, 2.24) is 0 Å². The highest BCUT2D eigenvalue weighted by Gasteiger charge is 2.33. The molecule has 11 heteroatoms. The molecule has 1 amide bonds. The molecule has 1 N–H and O–H groups in total. The summed E-state index contributed by atoms with van der Waals surface area (Å²) >= 11 is 0.650. The van der Waals surface area contributed by atoms with Crippen LogP contribution in [0.2, 0.25) is 0 Å². The highest BCUT2D eigenvalue weighted by molar-refractivity contribution is 8.00. The zero-order valence-electron chi connectivity index (χ0n) is 16.6. The highest BCUT2D eigenvalue weighted by Crippen LogP contribution is 2.36. The molecule has 0 saturated carbocycles. The number of nitrogens with one attached hydrogen (secondary N) is 1. The van der Waals surface area contributed by atoms with Gasteiger partial charge in [-0.25, -0.2) is 0 Å². The third kappa shape index (κ3) is 6.99. The Morgan fingerprint density at radius 2 is 1.87 bits per heavy atom. The van der Waals surface area contributed by atoms with Gasteiger partial charge >= 0.3 is 12.1 Å². The van der Waals surface area contributed by atoms with Crippen LogP contribution in [0, 0.1) is 10.1 Å². The minimum absolute atomic E-state index is 0.120. The number of rotatable bonds is 8. The second-order valence-electron chi connectivity index (χ2n) is 6.68. The van der Waals surface area contributed by atoms with Crippen molar-refractivity contribution in [1.29, 1.82) is 0 Å². The van der Waals surface area contributed by atoms with Crippen molar-refractivity contribution >= 4 is 35.0 Å². The van der Waals surface area contributed by atoms with Gasteiger partial charge < -0.3 is 10.1 Å². The molecule has 31 heavy (non-hydrogen) atoms. The first-order valence-electron chi connectivity index (χ1n) is 9.02. The van der Waals surface area contributed by atoms with E-state index in [9.17, 15) is 32.9 Å². The van der Waals surface area contributed by atoms with Gasteiger partial charge in [0.05, 0.1) is 21.1 Å². The number of anilines is 1. The molecule has 2 aromatic carbocycles. The van der Waals surface area contributed by atoms with Crippen LogP contribution in [0.15, 0.2) is 47.4 Å². The van der Waals surface area contributed by atoms with Crippen molar-refractivity contribution in [2.45, 2.75) is 30.8 Å². The van der Waals surface area contributed by atoms with E-state index in [-0.39, 0.29) is 10.8 Å². The Balaban J connectivity index is 1.93. The van der Waals surface area contributed by atoms with E-state index in [0.717, 1.165) is 11.6 Å². The van der Waals surface area contributed by atoms with Crippen molar-refractivity contribution < 1.29 is 32.4 Å². The lowest BCUT2D eigenvalue weighted by molar-refractivity contribution is -0.388. The van der Waals surface area contributed by atoms with Gasteiger partial charge in [-0.05, 0) is 29.7 Å². The largest absolute Gasteiger partial charge is 0.455 e. The number of amides is 1. The smallest absolute Gasteiger partial charge is 0.416 e. The van der Waals surface area contributed by atoms with E-state index in [1.165, 1.54) is 0 Å². The minimum atomic E-state index is -4.73. The first-order valence-corrected chi connectivity index (χ1v) is 10.0. The van der Waals surface area contributed by atoms with E-state index >= 15 is 0 Å². The summed E-state index contributed by atoms with van der Waals surface area (Å²) in [4.78, 5) is 33.9. The number of carbonyl (C=O) groups excluding carboxylic acids is 2. The van der Waals surface area contributed by atoms with Crippen molar-refractivity contribution in [3.63, 3.8) is 0 Å². The number of carbonyl (C=O) groups is 2. The number of nitrogens with zero attached hydrogens (tertiary/aromatic N) is 1. The van der Waals surface area contributed by atoms with Gasteiger partial charge in [0.15, 0.2) is 6.61 Å². The SMILES string of the molecule is CC(C)c1ccccc1NC(=O)COC(=O)CSc1ccc(C(F)(F)F)cc1[N+](=O)[O-]. The fourth-order valence-corrected chi connectivity index (χ4v) is 3.39. The molecule has 0 spiro atoms. The summed E-state index contributed by atoms with van der Waals surface area (Å²) in [5.41, 5.74) is -0.430. The maximum atomic E-state index is 12.7. The molecule has 0 fully saturated rings. The highest BCUT2D eigenvalue weighted by atomic mass is 32.2. The van der Waals surface area contributed by atoms with Crippen molar-refractivity contribution in [3.8, 4) is 0 Å². The van der Waals surface area contributed by atoms with Gasteiger partial charge in [-0.2, -0.15) is 13.2 Å². The zero-order chi connectivity index (χ0) is 23.2. The molecule has 2 aromatic rings. The molecule has 0 heterocycles. The predicted molar refractivity (Wildman–Crippen MR) is 109 cm³/mol. The summed E-state index contributed by atoms with van der Waals surface area (Å²) < 4.78 is 43.1. The number of esters is 1. The van der Waals surface area contributed by atoms with Gasteiger partial charge in [-0.15, -0.1) is 11.8 Å². The molecule has 0 aliphatic carbocycles. The lowest BCUT2D eigenvalue weighted by atomic mass is 10.0. The monoisotopic (exact) mass is 456 g/mol. The van der Waals surface area contributed by atoms with Crippen LogP contribution in [0.3, 0.4) is 0 Å². The maximum Gasteiger partial charge on any atom is 0.416 e. The van der Waals surface area contributed by atoms with E-state index in [0.29, 0.717) is 29.6 Å². The number of thioether (sulfide) groups is 1. The Morgan fingerprint density at radius 1 is 1.19 bits per heavy atom. The molecular formula is C20H19F3N2O5S. The van der Waals surface area contributed by atoms with Crippen LogP contribution in [0.25, 0.3) is 0 Å². The van der Waals surface area contributed by atoms with Gasteiger partial charge in [0, 0.05) is 11.8 Å². The Labute approximate surface area is 180 Å². The number of halogens is 3. The second-order valence-corrected chi connectivity index (χ2v) is 7.69. The fraction of sp³-hybridized carbons (Fsp3) is 0.300. The molecule has 0 aromatic heterocycles. The quantitative estimate of drug-likeness (QED) is 0.259. The first-order chi connectivity index (χ1) is 14.5. The van der Waals surface area contributed by atoms with Crippen LogP contribution < -0.4 is 5.32 Å². The fourth-order valence-electron chi connectivity index (χ4n) is 2.58. The second kappa shape index (κ2) is 10.3. The van der Waals surface area contributed by atoms with Crippen molar-refractivity contribution in [3.05, 3.63) is 63.7 Å². The Hall–Kier alpha value is -3.08. The summed E-state index contributed by atoms with van der Waals surface area (Å²) in [5, 5.41) is 13.7. The lowest BCUT2D eigenvalue weighted by Gasteiger charge is -2.13. The summed E-state index contributed by atoms with van der Waals surface area (Å²) in [5.74, 6) is -1.66. The minimum Gasteiger partial charge on any atom is -0.455 e. The molecule has 0 aliphatic heterocycles. The van der Waals surface area contributed by atoms with Crippen LogP contribution in [0.4, 0.5) is 24.5 Å². The van der Waals surface area contributed by atoms with Crippen LogP contribution in [0.5, 0.6) is 0 Å². The topological polar surface area (TPSA) is 98.5 Å². The summed E-state index contributed by atoms with van der Waals surface area (Å²) in [6.45, 7) is 3.35. The molecule has 7 nitrogen and oxygen atoms in total. The molecule has 0 atom stereocenters. The number of benzene rings is 2. The average molecular weight is 456 g/mol. The molecule has 0 aliphatic rings. The molecule has 0 bridgehead atoms. The van der Waals surface area contributed by atoms with Crippen LogP contribution in [0.1, 0.15) is 30.9 Å². The van der Waals surface area contributed by atoms with Gasteiger partial charge in [-0.3, -0.25) is 19.7 Å². The van der Waals surface area contributed by atoms with E-state index in [4.69, 9.17) is 4.74 Å². The van der Waals surface area contributed by atoms with Crippen LogP contribution >= 0.6 is 11.8 Å². The average Bonchev–Trinajstić information content (AvgIpc) is 2.70. The van der Waals surface area contributed by atoms with Gasteiger partial charge in [0.2, 0.25) is 0 Å². The third-order valence-corrected chi connectivity index (χ3v) is 5.09. The Morgan fingerprint density at radius 3 is 2.48 bits per heavy atom. The number of alkyl halides is 3. The molecule has 166 valence electrons. The predicted octanol–water partition coefficient (Wildman–Crippen LogP) is 5.01. The maximum absolute atomic E-state index is 12.7. The Bertz CT molecular complexity index is 980. The van der Waals surface area contributed by atoms with Crippen molar-refractivity contribution in [2.24, 2.45) is 0 Å². The van der Waals surface area contributed by atoms with E-state index in [1.54, 1.807) is 12.1 Å². The third-order valence-electron chi connectivity index (χ3n) is 4.05. The normalized spacial score (nSPS) is 11.3. The Kier molecular flexibility index (Phi) is 8.03. The van der Waals surface area contributed by atoms with Gasteiger partial charge in [0.1, 0.15) is 0 Å². The van der Waals surface area contributed by atoms with Crippen LogP contribution in [-0.4, -0.2) is 29.2 Å². The van der Waals surface area contributed by atoms with E-state index in [2.05, 4.69) is 5.32 Å². The standard InChI is InChI=1S/C20H19F3N2O5S/c1-12(2)14-5-3-4-6-15(14)24-18(26)10-30-19(27)11-31-17-8-7-13(20(21,22)23)9-16(17)25(28)29/h3-9,12H,10-11H2,1-2H3,(H,24,26).